The number of rotatable bonds is 8. The maximum atomic E-state index is 13.0. The Labute approximate surface area is 253 Å². The molecule has 1 atom stereocenters. The summed E-state index contributed by atoms with van der Waals surface area (Å²) in [6.07, 6.45) is 2.42. The van der Waals surface area contributed by atoms with E-state index in [9.17, 15) is 9.59 Å². The van der Waals surface area contributed by atoms with Gasteiger partial charge in [0.2, 0.25) is 6.10 Å². The number of hydrogen-bond donors (Lipinski definition) is 2. The van der Waals surface area contributed by atoms with Gasteiger partial charge in [-0.15, -0.1) is 0 Å². The minimum absolute atomic E-state index is 0.0136. The summed E-state index contributed by atoms with van der Waals surface area (Å²) in [4.78, 5) is 32.7. The number of anilines is 1. The number of para-hydroxylation sites is 3. The molecule has 3 heterocycles. The highest BCUT2D eigenvalue weighted by molar-refractivity contribution is 5.94. The normalized spacial score (nSPS) is 19.5. The average molecular weight is 584 g/mol. The first kappa shape index (κ1) is 29.0. The quantitative estimate of drug-likeness (QED) is 0.411. The first-order chi connectivity index (χ1) is 21.1. The number of nitrogens with zero attached hydrogens (tertiary/aromatic N) is 3. The highest BCUT2D eigenvalue weighted by Gasteiger charge is 2.32. The lowest BCUT2D eigenvalue weighted by molar-refractivity contribution is -0.143. The molecule has 0 aliphatic carbocycles. The molecule has 3 aromatic rings. The molecule has 9 heteroatoms. The second kappa shape index (κ2) is 13.9. The van der Waals surface area contributed by atoms with Crippen molar-refractivity contribution in [1.82, 2.24) is 20.0 Å². The van der Waals surface area contributed by atoms with E-state index in [1.165, 1.54) is 0 Å². The van der Waals surface area contributed by atoms with Gasteiger partial charge in [0.05, 0.1) is 5.69 Å². The SMILES string of the molecule is O=C(Nc1ccccc1-c1ccccc1)NC1CCN(CCCN2CCN(C(=O)C3COc4ccccc4O3)CC2)CC1. The molecule has 0 aromatic heterocycles. The maximum Gasteiger partial charge on any atom is 0.319 e. The summed E-state index contributed by atoms with van der Waals surface area (Å²) in [5.74, 6) is 1.35. The van der Waals surface area contributed by atoms with E-state index < -0.39 is 6.10 Å². The molecule has 9 nitrogen and oxygen atoms in total. The number of piperidine rings is 1. The first-order valence-corrected chi connectivity index (χ1v) is 15.5. The standard InChI is InChI=1S/C34H41N5O4/c40-33(32-25-42-30-13-6-7-14-31(30)43-32)39-23-21-38(22-24-39)18-8-17-37-19-15-27(16-20-37)35-34(41)36-29-12-5-4-11-28(29)26-9-2-1-3-10-26/h1-7,9-14,27,32H,8,15-25H2,(H2,35,36,41). The molecule has 3 aliphatic heterocycles. The van der Waals surface area contributed by atoms with E-state index in [4.69, 9.17) is 9.47 Å². The lowest BCUT2D eigenvalue weighted by atomic mass is 10.0. The van der Waals surface area contributed by atoms with Gasteiger partial charge in [-0.2, -0.15) is 0 Å². The molecule has 0 bridgehead atoms. The number of nitrogens with one attached hydrogen (secondary N) is 2. The van der Waals surface area contributed by atoms with Gasteiger partial charge in [-0.1, -0.05) is 60.7 Å². The van der Waals surface area contributed by atoms with E-state index in [2.05, 4.69) is 32.6 Å². The summed E-state index contributed by atoms with van der Waals surface area (Å²) in [6.45, 7) is 7.50. The van der Waals surface area contributed by atoms with E-state index in [1.807, 2.05) is 71.6 Å². The van der Waals surface area contributed by atoms with Gasteiger partial charge >= 0.3 is 6.03 Å². The van der Waals surface area contributed by atoms with E-state index in [0.29, 0.717) is 11.5 Å². The van der Waals surface area contributed by atoms with Gasteiger partial charge in [0.15, 0.2) is 11.5 Å². The second-order valence-electron chi connectivity index (χ2n) is 11.5. The molecule has 3 aliphatic rings. The average Bonchev–Trinajstić information content (AvgIpc) is 3.06. The van der Waals surface area contributed by atoms with E-state index >= 15 is 0 Å². The van der Waals surface area contributed by atoms with E-state index in [0.717, 1.165) is 88.4 Å². The second-order valence-corrected chi connectivity index (χ2v) is 11.5. The first-order valence-electron chi connectivity index (χ1n) is 15.5. The monoisotopic (exact) mass is 583 g/mol. The van der Waals surface area contributed by atoms with Gasteiger partial charge in [0.1, 0.15) is 6.61 Å². The van der Waals surface area contributed by atoms with Crippen molar-refractivity contribution in [3.8, 4) is 22.6 Å². The van der Waals surface area contributed by atoms with Crippen LogP contribution in [-0.2, 0) is 4.79 Å². The predicted molar refractivity (Wildman–Crippen MR) is 167 cm³/mol. The third kappa shape index (κ3) is 7.47. The zero-order chi connectivity index (χ0) is 29.4. The smallest absolute Gasteiger partial charge is 0.319 e. The summed E-state index contributed by atoms with van der Waals surface area (Å²) in [5, 5.41) is 6.25. The fourth-order valence-corrected chi connectivity index (χ4v) is 6.16. The maximum absolute atomic E-state index is 13.0. The largest absolute Gasteiger partial charge is 0.485 e. The number of urea groups is 1. The number of ether oxygens (including phenoxy) is 2. The molecule has 2 N–H and O–H groups in total. The third-order valence-corrected chi connectivity index (χ3v) is 8.60. The van der Waals surface area contributed by atoms with Crippen LogP contribution in [0, 0.1) is 0 Å². The molecule has 1 unspecified atom stereocenters. The van der Waals surface area contributed by atoms with Crippen molar-refractivity contribution < 1.29 is 19.1 Å². The Bertz CT molecular complexity index is 1370. The van der Waals surface area contributed by atoms with Crippen LogP contribution < -0.4 is 20.1 Å². The molecular weight excluding hydrogens is 542 g/mol. The molecule has 3 aromatic carbocycles. The fraction of sp³-hybridized carbons (Fsp3) is 0.412. The molecule has 43 heavy (non-hydrogen) atoms. The molecule has 2 fully saturated rings. The summed E-state index contributed by atoms with van der Waals surface area (Å²) in [6, 6.07) is 25.6. The summed E-state index contributed by atoms with van der Waals surface area (Å²) in [5.41, 5.74) is 2.91. The molecule has 0 spiro atoms. The fourth-order valence-electron chi connectivity index (χ4n) is 6.16. The van der Waals surface area contributed by atoms with Crippen molar-refractivity contribution >= 4 is 17.6 Å². The zero-order valence-electron chi connectivity index (χ0n) is 24.6. The van der Waals surface area contributed by atoms with E-state index in [-0.39, 0.29) is 24.6 Å². The van der Waals surface area contributed by atoms with Gasteiger partial charge in [0.25, 0.3) is 5.91 Å². The molecular formula is C34H41N5O4. The number of benzene rings is 3. The van der Waals surface area contributed by atoms with Crippen LogP contribution in [0.15, 0.2) is 78.9 Å². The van der Waals surface area contributed by atoms with Crippen LogP contribution in [0.25, 0.3) is 11.1 Å². The van der Waals surface area contributed by atoms with Crippen LogP contribution in [0.4, 0.5) is 10.5 Å². The number of carbonyl (C=O) groups is 2. The summed E-state index contributed by atoms with van der Waals surface area (Å²) < 4.78 is 11.7. The molecule has 226 valence electrons. The van der Waals surface area contributed by atoms with Crippen molar-refractivity contribution in [3.63, 3.8) is 0 Å². The van der Waals surface area contributed by atoms with Crippen molar-refractivity contribution in [2.45, 2.75) is 31.4 Å². The van der Waals surface area contributed by atoms with Crippen LogP contribution in [0.1, 0.15) is 19.3 Å². The highest BCUT2D eigenvalue weighted by atomic mass is 16.6. The third-order valence-electron chi connectivity index (χ3n) is 8.60. The molecule has 6 rings (SSSR count). The van der Waals surface area contributed by atoms with Gasteiger partial charge in [-0.05, 0) is 56.1 Å². The molecule has 3 amide bonds. The van der Waals surface area contributed by atoms with Gasteiger partial charge in [0, 0.05) is 50.9 Å². The highest BCUT2D eigenvalue weighted by Crippen LogP contribution is 2.31. The number of carbonyl (C=O) groups excluding carboxylic acids is 2. The van der Waals surface area contributed by atoms with Crippen LogP contribution in [0.2, 0.25) is 0 Å². The van der Waals surface area contributed by atoms with Gasteiger partial charge < -0.3 is 29.9 Å². The van der Waals surface area contributed by atoms with Crippen molar-refractivity contribution in [3.05, 3.63) is 78.9 Å². The van der Waals surface area contributed by atoms with Crippen molar-refractivity contribution in [2.24, 2.45) is 0 Å². The Morgan fingerprint density at radius 1 is 0.744 bits per heavy atom. The summed E-state index contributed by atoms with van der Waals surface area (Å²) in [7, 11) is 0. The van der Waals surface area contributed by atoms with Crippen LogP contribution in [0.5, 0.6) is 11.5 Å². The minimum Gasteiger partial charge on any atom is -0.485 e. The zero-order valence-corrected chi connectivity index (χ0v) is 24.6. The number of fused-ring (bicyclic) bond motifs is 1. The predicted octanol–water partition coefficient (Wildman–Crippen LogP) is 4.31. The van der Waals surface area contributed by atoms with Crippen LogP contribution in [0.3, 0.4) is 0 Å². The number of hydrogen-bond acceptors (Lipinski definition) is 6. The lowest BCUT2D eigenvalue weighted by Crippen LogP contribution is -2.54. The molecule has 0 radical (unpaired) electrons. The van der Waals surface area contributed by atoms with Gasteiger partial charge in [-0.25, -0.2) is 4.79 Å². The number of piperazine rings is 1. The van der Waals surface area contributed by atoms with Crippen molar-refractivity contribution in [2.75, 3.05) is 64.3 Å². The van der Waals surface area contributed by atoms with Crippen molar-refractivity contribution in [1.29, 1.82) is 0 Å². The van der Waals surface area contributed by atoms with Gasteiger partial charge in [-0.3, -0.25) is 9.69 Å². The molecule has 2 saturated heterocycles. The molecule has 0 saturated carbocycles. The summed E-state index contributed by atoms with van der Waals surface area (Å²) >= 11 is 0. The minimum atomic E-state index is -0.574. The number of amides is 3. The Morgan fingerprint density at radius 2 is 1.40 bits per heavy atom. The van der Waals surface area contributed by atoms with E-state index in [1.54, 1.807) is 0 Å². The Hall–Kier alpha value is -4.08. The lowest BCUT2D eigenvalue weighted by Gasteiger charge is -2.37. The Kier molecular flexibility index (Phi) is 9.40. The van der Waals surface area contributed by atoms with Crippen LogP contribution >= 0.6 is 0 Å². The Balaban J connectivity index is 0.865. The van der Waals surface area contributed by atoms with Crippen LogP contribution in [-0.4, -0.2) is 97.7 Å². The Morgan fingerprint density at radius 3 is 2.16 bits per heavy atom. The topological polar surface area (TPSA) is 86.4 Å². The number of likely N-dealkylation sites (tertiary alicyclic amines) is 1.